The number of rotatable bonds is 8. The minimum absolute atomic E-state index is 0.0132. The van der Waals surface area contributed by atoms with E-state index in [1.54, 1.807) is 6.07 Å². The number of ketones is 1. The lowest BCUT2D eigenvalue weighted by Crippen LogP contribution is -2.19. The van der Waals surface area contributed by atoms with Gasteiger partial charge < -0.3 is 15.2 Å². The number of carbonyl (C=O) groups excluding carboxylic acids is 1. The monoisotopic (exact) mass is 535 g/mol. The Hall–Kier alpha value is -4.31. The van der Waals surface area contributed by atoms with Crippen LogP contribution in [0.2, 0.25) is 0 Å². The number of benzene rings is 2. The molecule has 0 aliphatic rings. The number of ether oxygens (including phenoxy) is 2. The van der Waals surface area contributed by atoms with Gasteiger partial charge in [-0.15, -0.1) is 0 Å². The van der Waals surface area contributed by atoms with Crippen molar-refractivity contribution in [2.75, 3.05) is 18.6 Å². The molecule has 0 aliphatic heterocycles. The topological polar surface area (TPSA) is 121 Å². The summed E-state index contributed by atoms with van der Waals surface area (Å²) in [5.41, 5.74) is 8.44. The van der Waals surface area contributed by atoms with Crippen LogP contribution in [0.5, 0.6) is 17.4 Å². The van der Waals surface area contributed by atoms with Crippen molar-refractivity contribution in [1.29, 1.82) is 0 Å². The number of hydrogen-bond donors (Lipinski definition) is 1. The van der Waals surface area contributed by atoms with Crippen LogP contribution in [-0.4, -0.2) is 37.0 Å². The fourth-order valence-electron chi connectivity index (χ4n) is 4.10. The second-order valence-corrected chi connectivity index (χ2v) is 10.7. The van der Waals surface area contributed by atoms with Crippen LogP contribution in [0.15, 0.2) is 65.7 Å². The summed E-state index contributed by atoms with van der Waals surface area (Å²) in [5, 5.41) is -0.318. The first-order valence-corrected chi connectivity index (χ1v) is 13.2. The Balaban J connectivity index is 1.81. The molecule has 0 unspecified atom stereocenters. The molecular formula is C28H26FN3O5S. The van der Waals surface area contributed by atoms with Crippen molar-refractivity contribution >= 4 is 21.4 Å². The number of methoxy groups -OCH3 is 1. The van der Waals surface area contributed by atoms with Gasteiger partial charge in [-0.05, 0) is 68.3 Å². The van der Waals surface area contributed by atoms with E-state index in [2.05, 4.69) is 9.97 Å². The van der Waals surface area contributed by atoms with Crippen LogP contribution in [0.1, 0.15) is 27.0 Å². The normalized spacial score (nSPS) is 11.3. The number of carbonyl (C=O) groups is 1. The molecule has 2 aromatic carbocycles. The van der Waals surface area contributed by atoms with Crippen molar-refractivity contribution in [2.24, 2.45) is 0 Å². The van der Waals surface area contributed by atoms with Crippen molar-refractivity contribution in [2.45, 2.75) is 25.8 Å². The van der Waals surface area contributed by atoms with E-state index < -0.39 is 27.2 Å². The van der Waals surface area contributed by atoms with Crippen molar-refractivity contribution < 1.29 is 27.1 Å². The average molecular weight is 536 g/mol. The molecule has 0 amide bonds. The van der Waals surface area contributed by atoms with Crippen LogP contribution in [-0.2, 0) is 9.84 Å². The van der Waals surface area contributed by atoms with E-state index in [1.165, 1.54) is 49.6 Å². The predicted octanol–water partition coefficient (Wildman–Crippen LogP) is 5.25. The molecule has 0 saturated carbocycles. The van der Waals surface area contributed by atoms with Gasteiger partial charge in [0.15, 0.2) is 22.4 Å². The quantitative estimate of drug-likeness (QED) is 0.304. The van der Waals surface area contributed by atoms with E-state index in [0.717, 1.165) is 16.7 Å². The van der Waals surface area contributed by atoms with Crippen LogP contribution in [0.4, 0.5) is 10.2 Å². The first-order chi connectivity index (χ1) is 18.0. The summed E-state index contributed by atoms with van der Waals surface area (Å²) in [4.78, 5) is 21.6. The van der Waals surface area contributed by atoms with Gasteiger partial charge in [-0.2, -0.15) is 0 Å². The van der Waals surface area contributed by atoms with E-state index in [9.17, 15) is 13.2 Å². The van der Waals surface area contributed by atoms with Crippen molar-refractivity contribution in [3.05, 3.63) is 88.7 Å². The van der Waals surface area contributed by atoms with Crippen LogP contribution < -0.4 is 15.2 Å². The number of nitrogen functional groups attached to an aromatic ring is 1. The van der Waals surface area contributed by atoms with E-state index in [1.807, 2.05) is 32.9 Å². The number of sulfone groups is 1. The van der Waals surface area contributed by atoms with Crippen LogP contribution in [0, 0.1) is 26.6 Å². The zero-order chi connectivity index (χ0) is 27.6. The molecule has 0 atom stereocenters. The summed E-state index contributed by atoms with van der Waals surface area (Å²) < 4.78 is 52.1. The standard InChI is InChI=1S/C28H26FN3O5S/c1-16-13-17(2)27(18(3)14-16)37-28-20(22(33)15-38(34,35)25-10-6-9-24(30)32-25)11-12-21(31-28)19-7-5-8-23(36-4)26(19)29/h5-14H,15H2,1-4H3,(H2,30,32). The van der Waals surface area contributed by atoms with Crippen LogP contribution >= 0.6 is 0 Å². The molecule has 10 heteroatoms. The molecule has 38 heavy (non-hydrogen) atoms. The highest BCUT2D eigenvalue weighted by molar-refractivity contribution is 7.92. The Morgan fingerprint density at radius 2 is 1.66 bits per heavy atom. The lowest BCUT2D eigenvalue weighted by Gasteiger charge is -2.16. The van der Waals surface area contributed by atoms with E-state index in [0.29, 0.717) is 5.75 Å². The van der Waals surface area contributed by atoms with E-state index in [-0.39, 0.29) is 39.3 Å². The maximum Gasteiger partial charge on any atom is 0.230 e. The van der Waals surface area contributed by atoms with E-state index >= 15 is 4.39 Å². The van der Waals surface area contributed by atoms with Crippen LogP contribution in [0.25, 0.3) is 11.3 Å². The van der Waals surface area contributed by atoms with Gasteiger partial charge in [-0.3, -0.25) is 4.79 Å². The molecule has 0 fully saturated rings. The van der Waals surface area contributed by atoms with E-state index in [4.69, 9.17) is 15.2 Å². The first kappa shape index (κ1) is 26.7. The number of anilines is 1. The molecule has 4 aromatic rings. The van der Waals surface area contributed by atoms with Gasteiger partial charge in [0, 0.05) is 5.56 Å². The fourth-order valence-corrected chi connectivity index (χ4v) is 5.28. The molecule has 2 heterocycles. The zero-order valence-electron chi connectivity index (χ0n) is 21.3. The van der Waals surface area contributed by atoms with Gasteiger partial charge in [-0.25, -0.2) is 22.8 Å². The molecule has 2 aromatic heterocycles. The molecule has 0 radical (unpaired) electrons. The van der Waals surface area contributed by atoms with Gasteiger partial charge in [0.1, 0.15) is 17.3 Å². The number of pyridine rings is 2. The molecule has 4 rings (SSSR count). The summed E-state index contributed by atoms with van der Waals surface area (Å²) >= 11 is 0. The molecule has 0 saturated heterocycles. The molecule has 8 nitrogen and oxygen atoms in total. The number of nitrogens with two attached hydrogens (primary N) is 1. The molecule has 0 bridgehead atoms. The lowest BCUT2D eigenvalue weighted by molar-refractivity contribution is 0.101. The maximum atomic E-state index is 15.0. The highest BCUT2D eigenvalue weighted by Crippen LogP contribution is 2.34. The summed E-state index contributed by atoms with van der Waals surface area (Å²) in [6, 6.07) is 15.4. The fraction of sp³-hybridized carbons (Fsp3) is 0.179. The Morgan fingerprint density at radius 1 is 0.974 bits per heavy atom. The number of aryl methyl sites for hydroxylation is 3. The number of hydrogen-bond acceptors (Lipinski definition) is 8. The van der Waals surface area contributed by atoms with Crippen molar-refractivity contribution in [3.8, 4) is 28.6 Å². The SMILES string of the molecule is COc1cccc(-c2ccc(C(=O)CS(=O)(=O)c3cccc(N)n3)c(Oc3c(C)cc(C)cc3C)n2)c1F. The predicted molar refractivity (Wildman–Crippen MR) is 142 cm³/mol. The largest absolute Gasteiger partial charge is 0.494 e. The lowest BCUT2D eigenvalue weighted by atomic mass is 10.1. The minimum atomic E-state index is -4.12. The highest BCUT2D eigenvalue weighted by atomic mass is 32.2. The summed E-state index contributed by atoms with van der Waals surface area (Å²) in [5.74, 6) is -1.94. The second kappa shape index (κ2) is 10.6. The van der Waals surface area contributed by atoms with Gasteiger partial charge in [0.2, 0.25) is 15.7 Å². The third kappa shape index (κ3) is 5.50. The smallest absolute Gasteiger partial charge is 0.230 e. The van der Waals surface area contributed by atoms with Gasteiger partial charge >= 0.3 is 0 Å². The Morgan fingerprint density at radius 3 is 2.32 bits per heavy atom. The summed E-state index contributed by atoms with van der Waals surface area (Å²) in [6.07, 6.45) is 0. The number of nitrogens with zero attached hydrogens (tertiary/aromatic N) is 2. The average Bonchev–Trinajstić information content (AvgIpc) is 2.86. The second-order valence-electron chi connectivity index (χ2n) is 8.78. The van der Waals surface area contributed by atoms with Gasteiger partial charge in [-0.1, -0.05) is 29.8 Å². The van der Waals surface area contributed by atoms with Crippen molar-refractivity contribution in [1.82, 2.24) is 9.97 Å². The molecule has 196 valence electrons. The zero-order valence-corrected chi connectivity index (χ0v) is 22.1. The molecule has 0 spiro atoms. The third-order valence-electron chi connectivity index (χ3n) is 5.81. The van der Waals surface area contributed by atoms with Gasteiger partial charge in [0.05, 0.1) is 18.4 Å². The molecule has 0 aliphatic carbocycles. The number of halogens is 1. The number of Topliss-reactive ketones (excluding diaryl/α,β-unsaturated/α-hetero) is 1. The van der Waals surface area contributed by atoms with Crippen molar-refractivity contribution in [3.63, 3.8) is 0 Å². The maximum absolute atomic E-state index is 15.0. The molecular weight excluding hydrogens is 509 g/mol. The van der Waals surface area contributed by atoms with Crippen LogP contribution in [0.3, 0.4) is 0 Å². The highest BCUT2D eigenvalue weighted by Gasteiger charge is 2.26. The number of aromatic nitrogens is 2. The first-order valence-electron chi connectivity index (χ1n) is 11.6. The third-order valence-corrected chi connectivity index (χ3v) is 7.31. The Bertz CT molecular complexity index is 1630. The summed E-state index contributed by atoms with van der Waals surface area (Å²) in [6.45, 7) is 5.63. The molecule has 2 N–H and O–H groups in total. The Kier molecular flexibility index (Phi) is 7.45. The summed E-state index contributed by atoms with van der Waals surface area (Å²) in [7, 11) is -2.77. The van der Waals surface area contributed by atoms with Gasteiger partial charge in [0.25, 0.3) is 0 Å². The Labute approximate surface area is 220 Å². The minimum Gasteiger partial charge on any atom is -0.494 e.